The SMILES string of the molecule is CNc1ncnc2c1ncn2[C@H]1CC[C@@H](COC(C(=O)O)P(=O)(O)O)O1. The summed E-state index contributed by atoms with van der Waals surface area (Å²) >= 11 is 0. The van der Waals surface area contributed by atoms with E-state index >= 15 is 0 Å². The zero-order valence-electron chi connectivity index (χ0n) is 13.7. The van der Waals surface area contributed by atoms with Crippen LogP contribution in [0.5, 0.6) is 0 Å². The van der Waals surface area contributed by atoms with Crippen LogP contribution >= 0.6 is 7.60 Å². The molecule has 0 aliphatic carbocycles. The van der Waals surface area contributed by atoms with E-state index in [2.05, 4.69) is 20.3 Å². The number of nitrogens with one attached hydrogen (secondary N) is 1. The van der Waals surface area contributed by atoms with Gasteiger partial charge in [-0.05, 0) is 12.8 Å². The Morgan fingerprint density at radius 1 is 1.46 bits per heavy atom. The minimum absolute atomic E-state index is 0.248. The molecule has 3 heterocycles. The Labute approximate surface area is 147 Å². The lowest BCUT2D eigenvalue weighted by molar-refractivity contribution is -0.148. The molecule has 1 aliphatic heterocycles. The average molecular weight is 387 g/mol. The summed E-state index contributed by atoms with van der Waals surface area (Å²) in [6.07, 6.45) is 3.19. The lowest BCUT2D eigenvalue weighted by Crippen LogP contribution is -2.28. The summed E-state index contributed by atoms with van der Waals surface area (Å²) in [6.45, 7) is -0.248. The van der Waals surface area contributed by atoms with Crippen LogP contribution in [-0.4, -0.2) is 66.0 Å². The highest BCUT2D eigenvalue weighted by Gasteiger charge is 2.38. The number of carboxylic acid groups (broad SMARTS) is 1. The Morgan fingerprint density at radius 3 is 2.88 bits per heavy atom. The third-order valence-electron chi connectivity index (χ3n) is 3.95. The molecule has 1 aliphatic rings. The lowest BCUT2D eigenvalue weighted by atomic mass is 10.2. The maximum absolute atomic E-state index is 11.2. The van der Waals surface area contributed by atoms with Crippen molar-refractivity contribution in [2.75, 3.05) is 19.0 Å². The Balaban J connectivity index is 1.68. The molecule has 1 fully saturated rings. The second kappa shape index (κ2) is 7.25. The van der Waals surface area contributed by atoms with E-state index in [1.165, 1.54) is 6.33 Å². The molecule has 142 valence electrons. The highest BCUT2D eigenvalue weighted by Crippen LogP contribution is 2.42. The number of nitrogens with zero attached hydrogens (tertiary/aromatic N) is 4. The number of imidazole rings is 1. The van der Waals surface area contributed by atoms with Gasteiger partial charge in [0.15, 0.2) is 11.5 Å². The Morgan fingerprint density at radius 2 is 2.23 bits per heavy atom. The van der Waals surface area contributed by atoms with Crippen LogP contribution in [0.3, 0.4) is 0 Å². The highest BCUT2D eigenvalue weighted by molar-refractivity contribution is 7.53. The standard InChI is InChI=1S/C13H18N5O7P/c1-14-10-9-11(16-5-15-10)18(6-17-9)8-3-2-7(25-8)4-24-13(12(19)20)26(21,22)23/h5-8,13H,2-4H2,1H3,(H,19,20)(H,14,15,16)(H2,21,22,23)/t7-,8+,13?/m0/s1. The first kappa shape index (κ1) is 18.7. The van der Waals surface area contributed by atoms with Gasteiger partial charge in [-0.1, -0.05) is 0 Å². The molecule has 0 aromatic carbocycles. The van der Waals surface area contributed by atoms with Crippen molar-refractivity contribution in [3.05, 3.63) is 12.7 Å². The van der Waals surface area contributed by atoms with Crippen molar-refractivity contribution in [1.29, 1.82) is 0 Å². The normalized spacial score (nSPS) is 21.8. The number of aromatic nitrogens is 4. The van der Waals surface area contributed by atoms with Crippen molar-refractivity contribution in [2.45, 2.75) is 31.0 Å². The quantitative estimate of drug-likeness (QED) is 0.477. The molecule has 1 unspecified atom stereocenters. The Bertz CT molecular complexity index is 853. The fourth-order valence-electron chi connectivity index (χ4n) is 2.77. The molecule has 12 nitrogen and oxygen atoms in total. The smallest absolute Gasteiger partial charge is 0.365 e. The van der Waals surface area contributed by atoms with Gasteiger partial charge in [0.25, 0.3) is 5.85 Å². The molecule has 13 heteroatoms. The van der Waals surface area contributed by atoms with E-state index in [0.717, 1.165) is 0 Å². The molecule has 1 saturated heterocycles. The number of carbonyl (C=O) groups is 1. The molecule has 2 aromatic rings. The number of aliphatic carboxylic acids is 1. The third-order valence-corrected chi connectivity index (χ3v) is 4.93. The van der Waals surface area contributed by atoms with Crippen LogP contribution in [0.15, 0.2) is 12.7 Å². The van der Waals surface area contributed by atoms with Crippen molar-refractivity contribution in [3.63, 3.8) is 0 Å². The van der Waals surface area contributed by atoms with Gasteiger partial charge < -0.3 is 29.7 Å². The van der Waals surface area contributed by atoms with Crippen molar-refractivity contribution in [2.24, 2.45) is 0 Å². The van der Waals surface area contributed by atoms with Crippen LogP contribution in [-0.2, 0) is 18.8 Å². The molecular weight excluding hydrogens is 369 g/mol. The van der Waals surface area contributed by atoms with E-state index in [1.54, 1.807) is 17.9 Å². The number of anilines is 1. The summed E-state index contributed by atoms with van der Waals surface area (Å²) in [4.78, 5) is 41.5. The van der Waals surface area contributed by atoms with Crippen LogP contribution in [0.4, 0.5) is 5.82 Å². The Hall–Kier alpha value is -2.11. The fourth-order valence-corrected chi connectivity index (χ4v) is 3.34. The molecule has 0 amide bonds. The first-order chi connectivity index (χ1) is 12.3. The summed E-state index contributed by atoms with van der Waals surface area (Å²) < 4.78 is 23.6. The summed E-state index contributed by atoms with van der Waals surface area (Å²) in [6, 6.07) is 0. The van der Waals surface area contributed by atoms with Gasteiger partial charge in [-0.2, -0.15) is 0 Å². The molecule has 3 rings (SSSR count). The first-order valence-corrected chi connectivity index (χ1v) is 9.39. The molecular formula is C13H18N5O7P. The van der Waals surface area contributed by atoms with Gasteiger partial charge in [0.05, 0.1) is 19.0 Å². The van der Waals surface area contributed by atoms with Crippen LogP contribution in [0.25, 0.3) is 11.2 Å². The second-order valence-corrected chi connectivity index (χ2v) is 7.35. The summed E-state index contributed by atoms with van der Waals surface area (Å²) in [7, 11) is -3.19. The van der Waals surface area contributed by atoms with Gasteiger partial charge in [0.1, 0.15) is 18.1 Å². The zero-order valence-corrected chi connectivity index (χ0v) is 14.6. The van der Waals surface area contributed by atoms with Crippen molar-refractivity contribution in [1.82, 2.24) is 19.5 Å². The van der Waals surface area contributed by atoms with Crippen LogP contribution in [0.2, 0.25) is 0 Å². The van der Waals surface area contributed by atoms with Crippen molar-refractivity contribution >= 4 is 30.5 Å². The molecule has 26 heavy (non-hydrogen) atoms. The second-order valence-electron chi connectivity index (χ2n) is 5.70. The zero-order chi connectivity index (χ0) is 18.9. The number of ether oxygens (including phenoxy) is 2. The van der Waals surface area contributed by atoms with E-state index < -0.39 is 31.7 Å². The van der Waals surface area contributed by atoms with E-state index in [1.807, 2.05) is 0 Å². The van der Waals surface area contributed by atoms with Crippen molar-refractivity contribution < 1.29 is 33.7 Å². The highest BCUT2D eigenvalue weighted by atomic mass is 31.2. The van der Waals surface area contributed by atoms with E-state index in [9.17, 15) is 9.36 Å². The largest absolute Gasteiger partial charge is 0.479 e. The molecule has 2 aromatic heterocycles. The average Bonchev–Trinajstić information content (AvgIpc) is 3.19. The molecule has 0 radical (unpaired) electrons. The number of fused-ring (bicyclic) bond motifs is 1. The van der Waals surface area contributed by atoms with Gasteiger partial charge in [-0.3, -0.25) is 9.13 Å². The molecule has 3 atom stereocenters. The monoisotopic (exact) mass is 387 g/mol. The third kappa shape index (κ3) is 3.69. The van der Waals surface area contributed by atoms with E-state index in [0.29, 0.717) is 29.8 Å². The fraction of sp³-hybridized carbons (Fsp3) is 0.538. The van der Waals surface area contributed by atoms with Gasteiger partial charge >= 0.3 is 13.6 Å². The van der Waals surface area contributed by atoms with Crippen LogP contribution in [0, 0.1) is 0 Å². The molecule has 0 bridgehead atoms. The van der Waals surface area contributed by atoms with Gasteiger partial charge in [-0.15, -0.1) is 0 Å². The molecule has 0 spiro atoms. The van der Waals surface area contributed by atoms with E-state index in [-0.39, 0.29) is 6.61 Å². The minimum Gasteiger partial charge on any atom is -0.479 e. The number of hydrogen-bond acceptors (Lipinski definition) is 8. The summed E-state index contributed by atoms with van der Waals surface area (Å²) in [5.74, 6) is -3.34. The molecule has 0 saturated carbocycles. The summed E-state index contributed by atoms with van der Waals surface area (Å²) in [5.41, 5.74) is 1.17. The van der Waals surface area contributed by atoms with Gasteiger partial charge in [0, 0.05) is 7.05 Å². The predicted molar refractivity (Wildman–Crippen MR) is 87.4 cm³/mol. The minimum atomic E-state index is -4.91. The Kier molecular flexibility index (Phi) is 5.21. The van der Waals surface area contributed by atoms with Crippen LogP contribution < -0.4 is 5.32 Å². The van der Waals surface area contributed by atoms with Crippen LogP contribution in [0.1, 0.15) is 19.1 Å². The topological polar surface area (TPSA) is 169 Å². The maximum Gasteiger partial charge on any atom is 0.365 e. The first-order valence-electron chi connectivity index (χ1n) is 7.71. The maximum atomic E-state index is 11.2. The van der Waals surface area contributed by atoms with Gasteiger partial charge in [-0.25, -0.2) is 19.7 Å². The van der Waals surface area contributed by atoms with E-state index in [4.69, 9.17) is 24.4 Å². The number of rotatable bonds is 7. The van der Waals surface area contributed by atoms with Gasteiger partial charge in [0.2, 0.25) is 0 Å². The van der Waals surface area contributed by atoms with Crippen molar-refractivity contribution in [3.8, 4) is 0 Å². The predicted octanol–water partition coefficient (Wildman–Crippen LogP) is 0.151. The number of hydrogen-bond donors (Lipinski definition) is 4. The number of carboxylic acids is 1. The summed E-state index contributed by atoms with van der Waals surface area (Å²) in [5, 5.41) is 11.8. The lowest BCUT2D eigenvalue weighted by Gasteiger charge is -2.18. The molecule has 4 N–H and O–H groups in total.